The van der Waals surface area contributed by atoms with Gasteiger partial charge in [-0.2, -0.15) is 0 Å². The van der Waals surface area contributed by atoms with Crippen LogP contribution in [0.3, 0.4) is 0 Å². The predicted octanol–water partition coefficient (Wildman–Crippen LogP) is 0.707. The number of anilines is 1. The second kappa shape index (κ2) is 6.19. The third-order valence-corrected chi connectivity index (χ3v) is 2.79. The Kier molecular flexibility index (Phi) is 4.89. The Balaban J connectivity index is 2.54. The molecule has 1 aromatic heterocycles. The molecule has 0 aliphatic heterocycles. The fraction of sp³-hybridized carbons (Fsp3) is 0.500. The van der Waals surface area contributed by atoms with E-state index >= 15 is 0 Å². The first-order chi connectivity index (χ1) is 8.02. The third-order valence-electron chi connectivity index (χ3n) is 1.97. The van der Waals surface area contributed by atoms with Crippen molar-refractivity contribution in [2.24, 2.45) is 0 Å². The highest BCUT2D eigenvalue weighted by atomic mass is 32.1. The van der Waals surface area contributed by atoms with Crippen molar-refractivity contribution in [3.63, 3.8) is 0 Å². The molecule has 0 spiro atoms. The lowest BCUT2D eigenvalue weighted by molar-refractivity contribution is -0.136. The van der Waals surface area contributed by atoms with E-state index < -0.39 is 12.0 Å². The summed E-state index contributed by atoms with van der Waals surface area (Å²) in [5, 5.41) is 16.4. The van der Waals surface area contributed by atoms with Gasteiger partial charge in [0.15, 0.2) is 5.13 Å². The summed E-state index contributed by atoms with van der Waals surface area (Å²) in [6.45, 7) is 4.15. The predicted molar refractivity (Wildman–Crippen MR) is 65.2 cm³/mol. The van der Waals surface area contributed by atoms with Crippen LogP contribution in [0.15, 0.2) is 5.38 Å². The van der Waals surface area contributed by atoms with Crippen LogP contribution in [0.1, 0.15) is 19.5 Å². The SMILES string of the molecule is CCNC(=O)C(C)Nc1nc(CC(=O)O)cs1. The minimum Gasteiger partial charge on any atom is -0.481 e. The summed E-state index contributed by atoms with van der Waals surface area (Å²) < 4.78 is 0. The molecule has 1 atom stereocenters. The molecule has 0 fully saturated rings. The zero-order valence-corrected chi connectivity index (χ0v) is 10.5. The number of nitrogens with one attached hydrogen (secondary N) is 2. The van der Waals surface area contributed by atoms with Gasteiger partial charge in [0.05, 0.1) is 12.1 Å². The minimum atomic E-state index is -0.918. The van der Waals surface area contributed by atoms with Gasteiger partial charge in [-0.05, 0) is 13.8 Å². The molecule has 17 heavy (non-hydrogen) atoms. The Morgan fingerprint density at radius 1 is 1.59 bits per heavy atom. The topological polar surface area (TPSA) is 91.3 Å². The molecule has 0 aliphatic carbocycles. The maximum atomic E-state index is 11.4. The summed E-state index contributed by atoms with van der Waals surface area (Å²) in [5.74, 6) is -1.03. The quantitative estimate of drug-likeness (QED) is 0.698. The van der Waals surface area contributed by atoms with Crippen molar-refractivity contribution in [1.29, 1.82) is 0 Å². The van der Waals surface area contributed by atoms with Crippen molar-refractivity contribution in [2.75, 3.05) is 11.9 Å². The largest absolute Gasteiger partial charge is 0.481 e. The molecule has 1 amide bonds. The van der Waals surface area contributed by atoms with Crippen LogP contribution in [-0.2, 0) is 16.0 Å². The number of likely N-dealkylation sites (N-methyl/N-ethyl adjacent to an activating group) is 1. The van der Waals surface area contributed by atoms with Crippen molar-refractivity contribution < 1.29 is 14.7 Å². The maximum Gasteiger partial charge on any atom is 0.309 e. The van der Waals surface area contributed by atoms with Gasteiger partial charge in [-0.15, -0.1) is 11.3 Å². The van der Waals surface area contributed by atoms with E-state index in [1.165, 1.54) is 11.3 Å². The molecule has 1 unspecified atom stereocenters. The average molecular weight is 257 g/mol. The summed E-state index contributed by atoms with van der Waals surface area (Å²) >= 11 is 1.29. The number of amides is 1. The Bertz CT molecular complexity index is 405. The van der Waals surface area contributed by atoms with Gasteiger partial charge in [0.2, 0.25) is 5.91 Å². The van der Waals surface area contributed by atoms with E-state index in [4.69, 9.17) is 5.11 Å². The fourth-order valence-corrected chi connectivity index (χ4v) is 1.99. The summed E-state index contributed by atoms with van der Waals surface area (Å²) in [4.78, 5) is 26.0. The van der Waals surface area contributed by atoms with Crippen LogP contribution in [0, 0.1) is 0 Å². The van der Waals surface area contributed by atoms with Crippen molar-refractivity contribution in [1.82, 2.24) is 10.3 Å². The molecule has 7 heteroatoms. The highest BCUT2D eigenvalue weighted by molar-refractivity contribution is 7.13. The number of nitrogens with zero attached hydrogens (tertiary/aromatic N) is 1. The molecule has 1 rings (SSSR count). The Labute approximate surface area is 103 Å². The van der Waals surface area contributed by atoms with E-state index in [1.807, 2.05) is 6.92 Å². The molecule has 1 aromatic rings. The van der Waals surface area contributed by atoms with Gasteiger partial charge in [0, 0.05) is 11.9 Å². The molecule has 0 aromatic carbocycles. The lowest BCUT2D eigenvalue weighted by atomic mass is 10.3. The molecule has 0 saturated heterocycles. The number of carboxylic acid groups (broad SMARTS) is 1. The van der Waals surface area contributed by atoms with Crippen molar-refractivity contribution in [3.8, 4) is 0 Å². The molecule has 0 radical (unpaired) electrons. The van der Waals surface area contributed by atoms with E-state index in [2.05, 4.69) is 15.6 Å². The molecule has 0 saturated carbocycles. The first kappa shape index (κ1) is 13.4. The average Bonchev–Trinajstić information content (AvgIpc) is 2.64. The number of rotatable bonds is 6. The van der Waals surface area contributed by atoms with Crippen LogP contribution < -0.4 is 10.6 Å². The number of hydrogen-bond donors (Lipinski definition) is 3. The minimum absolute atomic E-state index is 0.103. The Morgan fingerprint density at radius 2 is 2.29 bits per heavy atom. The van der Waals surface area contributed by atoms with E-state index in [0.717, 1.165) is 0 Å². The molecular weight excluding hydrogens is 242 g/mol. The third kappa shape index (κ3) is 4.39. The number of carbonyl (C=O) groups is 2. The van der Waals surface area contributed by atoms with Crippen LogP contribution in [-0.4, -0.2) is 34.6 Å². The first-order valence-electron chi connectivity index (χ1n) is 5.23. The van der Waals surface area contributed by atoms with Crippen LogP contribution in [0.25, 0.3) is 0 Å². The lowest BCUT2D eigenvalue weighted by Gasteiger charge is -2.11. The number of carboxylic acids is 1. The van der Waals surface area contributed by atoms with Gasteiger partial charge in [-0.1, -0.05) is 0 Å². The number of aromatic nitrogens is 1. The number of carbonyl (C=O) groups excluding carboxylic acids is 1. The van der Waals surface area contributed by atoms with Gasteiger partial charge in [0.1, 0.15) is 6.04 Å². The van der Waals surface area contributed by atoms with Crippen molar-refractivity contribution in [2.45, 2.75) is 26.3 Å². The number of hydrogen-bond acceptors (Lipinski definition) is 5. The van der Waals surface area contributed by atoms with Crippen LogP contribution in [0.4, 0.5) is 5.13 Å². The van der Waals surface area contributed by atoms with E-state index in [-0.39, 0.29) is 12.3 Å². The normalized spacial score (nSPS) is 11.9. The standard InChI is InChI=1S/C10H15N3O3S/c1-3-11-9(16)6(2)12-10-13-7(5-17-10)4-8(14)15/h5-6H,3-4H2,1-2H3,(H,11,16)(H,12,13)(H,14,15). The zero-order valence-electron chi connectivity index (χ0n) is 9.69. The highest BCUT2D eigenvalue weighted by Gasteiger charge is 2.13. The zero-order chi connectivity index (χ0) is 12.8. The summed E-state index contributed by atoms with van der Waals surface area (Å²) in [6.07, 6.45) is -0.103. The summed E-state index contributed by atoms with van der Waals surface area (Å²) in [6, 6.07) is -0.390. The van der Waals surface area contributed by atoms with Crippen LogP contribution in [0.5, 0.6) is 0 Å². The van der Waals surface area contributed by atoms with Gasteiger partial charge < -0.3 is 15.7 Å². The van der Waals surface area contributed by atoms with Crippen LogP contribution in [0.2, 0.25) is 0 Å². The fourth-order valence-electron chi connectivity index (χ4n) is 1.19. The molecule has 3 N–H and O–H groups in total. The summed E-state index contributed by atoms with van der Waals surface area (Å²) in [5.41, 5.74) is 0.494. The molecule has 1 heterocycles. The van der Waals surface area contributed by atoms with E-state index in [0.29, 0.717) is 17.4 Å². The van der Waals surface area contributed by atoms with Crippen LogP contribution >= 0.6 is 11.3 Å². The van der Waals surface area contributed by atoms with Gasteiger partial charge in [0.25, 0.3) is 0 Å². The van der Waals surface area contributed by atoms with E-state index in [9.17, 15) is 9.59 Å². The van der Waals surface area contributed by atoms with Gasteiger partial charge >= 0.3 is 5.97 Å². The second-order valence-corrected chi connectivity index (χ2v) is 4.33. The number of thiazole rings is 1. The molecule has 94 valence electrons. The molecular formula is C10H15N3O3S. The van der Waals surface area contributed by atoms with Crippen molar-refractivity contribution >= 4 is 28.3 Å². The number of aliphatic carboxylic acids is 1. The van der Waals surface area contributed by atoms with Gasteiger partial charge in [-0.25, -0.2) is 4.98 Å². The van der Waals surface area contributed by atoms with E-state index in [1.54, 1.807) is 12.3 Å². The molecule has 0 aliphatic rings. The monoisotopic (exact) mass is 257 g/mol. The van der Waals surface area contributed by atoms with Crippen molar-refractivity contribution in [3.05, 3.63) is 11.1 Å². The summed E-state index contributed by atoms with van der Waals surface area (Å²) in [7, 11) is 0. The first-order valence-corrected chi connectivity index (χ1v) is 6.11. The Hall–Kier alpha value is -1.63. The lowest BCUT2D eigenvalue weighted by Crippen LogP contribution is -2.37. The second-order valence-electron chi connectivity index (χ2n) is 3.48. The van der Waals surface area contributed by atoms with Gasteiger partial charge in [-0.3, -0.25) is 9.59 Å². The highest BCUT2D eigenvalue weighted by Crippen LogP contribution is 2.16. The maximum absolute atomic E-state index is 11.4. The molecule has 0 bridgehead atoms. The Morgan fingerprint density at radius 3 is 2.88 bits per heavy atom. The smallest absolute Gasteiger partial charge is 0.309 e. The molecule has 6 nitrogen and oxygen atoms in total.